The van der Waals surface area contributed by atoms with E-state index >= 15 is 0 Å². The molecule has 0 radical (unpaired) electrons. The van der Waals surface area contributed by atoms with Gasteiger partial charge in [-0.2, -0.15) is 0 Å². The van der Waals surface area contributed by atoms with E-state index in [1.54, 1.807) is 24.3 Å². The van der Waals surface area contributed by atoms with Crippen LogP contribution in [0.1, 0.15) is 30.1 Å². The van der Waals surface area contributed by atoms with E-state index in [0.29, 0.717) is 11.3 Å². The Kier molecular flexibility index (Phi) is 6.48. The van der Waals surface area contributed by atoms with E-state index in [2.05, 4.69) is 16.0 Å². The van der Waals surface area contributed by atoms with Crippen molar-refractivity contribution in [1.82, 2.24) is 10.6 Å². The molecule has 0 spiro atoms. The number of carbonyl (C=O) groups excluding carboxylic acids is 2. The summed E-state index contributed by atoms with van der Waals surface area (Å²) in [5.41, 5.74) is 1.31. The highest BCUT2D eigenvalue weighted by molar-refractivity contribution is 5.95. The van der Waals surface area contributed by atoms with Gasteiger partial charge in [0.1, 0.15) is 0 Å². The van der Waals surface area contributed by atoms with Crippen molar-refractivity contribution in [3.63, 3.8) is 0 Å². The van der Waals surface area contributed by atoms with Crippen LogP contribution >= 0.6 is 12.4 Å². The number of nitrogens with one attached hydrogen (secondary N) is 3. The predicted molar refractivity (Wildman–Crippen MR) is 81.4 cm³/mol. The molecule has 3 N–H and O–H groups in total. The lowest BCUT2D eigenvalue weighted by atomic mass is 10.1. The molecule has 20 heavy (non-hydrogen) atoms. The number of benzene rings is 1. The van der Waals surface area contributed by atoms with Crippen molar-refractivity contribution in [2.45, 2.75) is 25.8 Å². The molecule has 1 aromatic rings. The molecule has 0 aromatic heterocycles. The molecule has 1 aromatic carbocycles. The fraction of sp³-hybridized carbons (Fsp3) is 0.429. The Bertz CT molecular complexity index is 456. The summed E-state index contributed by atoms with van der Waals surface area (Å²) in [4.78, 5) is 22.9. The number of hydrogen-bond acceptors (Lipinski definition) is 3. The van der Waals surface area contributed by atoms with Crippen LogP contribution in [0.4, 0.5) is 5.69 Å². The van der Waals surface area contributed by atoms with Crippen molar-refractivity contribution in [2.75, 3.05) is 18.4 Å². The first-order valence-corrected chi connectivity index (χ1v) is 6.54. The number of rotatable bonds is 3. The van der Waals surface area contributed by atoms with Crippen LogP contribution in [0.25, 0.3) is 0 Å². The number of piperidine rings is 1. The third-order valence-corrected chi connectivity index (χ3v) is 3.10. The molecule has 1 saturated heterocycles. The molecule has 2 rings (SSSR count). The Morgan fingerprint density at radius 3 is 2.50 bits per heavy atom. The smallest absolute Gasteiger partial charge is 0.251 e. The second-order valence-corrected chi connectivity index (χ2v) is 4.78. The molecular weight excluding hydrogens is 278 g/mol. The summed E-state index contributed by atoms with van der Waals surface area (Å²) in [7, 11) is 0. The molecule has 5 nitrogen and oxygen atoms in total. The Balaban J connectivity index is 0.00000200. The molecule has 0 saturated carbocycles. The van der Waals surface area contributed by atoms with Crippen LogP contribution in [-0.4, -0.2) is 30.9 Å². The molecule has 0 unspecified atom stereocenters. The molecule has 1 aliphatic rings. The molecule has 1 heterocycles. The van der Waals surface area contributed by atoms with E-state index in [0.717, 1.165) is 25.9 Å². The summed E-state index contributed by atoms with van der Waals surface area (Å²) < 4.78 is 0. The minimum Gasteiger partial charge on any atom is -0.348 e. The van der Waals surface area contributed by atoms with Gasteiger partial charge in [-0.15, -0.1) is 12.4 Å². The highest BCUT2D eigenvalue weighted by Gasteiger charge is 2.16. The van der Waals surface area contributed by atoms with Gasteiger partial charge in [0.15, 0.2) is 0 Å². The number of hydrogen-bond donors (Lipinski definition) is 3. The second-order valence-electron chi connectivity index (χ2n) is 4.78. The number of carbonyl (C=O) groups is 2. The fourth-order valence-electron chi connectivity index (χ4n) is 2.15. The average Bonchev–Trinajstić information content (AvgIpc) is 2.40. The Hall–Kier alpha value is -1.59. The van der Waals surface area contributed by atoms with E-state index < -0.39 is 0 Å². The van der Waals surface area contributed by atoms with Crippen LogP contribution in [0, 0.1) is 0 Å². The van der Waals surface area contributed by atoms with Crippen molar-refractivity contribution < 1.29 is 9.59 Å². The first kappa shape index (κ1) is 16.5. The number of amides is 2. The molecule has 1 aliphatic heterocycles. The third-order valence-electron chi connectivity index (χ3n) is 3.10. The average molecular weight is 298 g/mol. The third kappa shape index (κ3) is 4.83. The standard InChI is InChI=1S/C14H19N3O2.ClH/c1-10(18)16-12-6-4-11(5-7-12)14(19)17-13-3-2-8-15-9-13;/h4-7,13,15H,2-3,8-9H2,1H3,(H,16,18)(H,17,19);1H/t13-;/m0./s1. The normalized spacial score (nSPS) is 17.8. The molecule has 1 fully saturated rings. The second kappa shape index (κ2) is 7.87. The first-order chi connectivity index (χ1) is 9.15. The monoisotopic (exact) mass is 297 g/mol. The van der Waals surface area contributed by atoms with Gasteiger partial charge in [-0.05, 0) is 43.7 Å². The van der Waals surface area contributed by atoms with Gasteiger partial charge >= 0.3 is 0 Å². The van der Waals surface area contributed by atoms with Gasteiger partial charge in [-0.3, -0.25) is 9.59 Å². The zero-order chi connectivity index (χ0) is 13.7. The van der Waals surface area contributed by atoms with Crippen LogP contribution in [0.5, 0.6) is 0 Å². The van der Waals surface area contributed by atoms with Crippen LogP contribution in [0.3, 0.4) is 0 Å². The Morgan fingerprint density at radius 1 is 1.25 bits per heavy atom. The van der Waals surface area contributed by atoms with Gasteiger partial charge in [-0.1, -0.05) is 0 Å². The van der Waals surface area contributed by atoms with Gasteiger partial charge in [0.05, 0.1) is 0 Å². The maximum Gasteiger partial charge on any atom is 0.251 e. The van der Waals surface area contributed by atoms with Crippen molar-refractivity contribution in [3.8, 4) is 0 Å². The Morgan fingerprint density at radius 2 is 1.95 bits per heavy atom. The summed E-state index contributed by atoms with van der Waals surface area (Å²) in [5, 5.41) is 8.94. The van der Waals surface area contributed by atoms with E-state index in [-0.39, 0.29) is 30.3 Å². The van der Waals surface area contributed by atoms with Crippen molar-refractivity contribution in [1.29, 1.82) is 0 Å². The molecule has 1 atom stereocenters. The van der Waals surface area contributed by atoms with E-state index in [1.807, 2.05) is 0 Å². The highest BCUT2D eigenvalue weighted by Crippen LogP contribution is 2.10. The SMILES string of the molecule is CC(=O)Nc1ccc(C(=O)N[C@H]2CCCNC2)cc1.Cl. The number of halogens is 1. The zero-order valence-electron chi connectivity index (χ0n) is 11.4. The van der Waals surface area contributed by atoms with Crippen LogP contribution in [0.15, 0.2) is 24.3 Å². The fourth-order valence-corrected chi connectivity index (χ4v) is 2.15. The molecule has 0 aliphatic carbocycles. The maximum absolute atomic E-state index is 12.0. The predicted octanol–water partition coefficient (Wildman–Crippen LogP) is 1.55. The molecule has 0 bridgehead atoms. The lowest BCUT2D eigenvalue weighted by Gasteiger charge is -2.23. The van der Waals surface area contributed by atoms with Crippen molar-refractivity contribution in [2.24, 2.45) is 0 Å². The van der Waals surface area contributed by atoms with Crippen molar-refractivity contribution in [3.05, 3.63) is 29.8 Å². The zero-order valence-corrected chi connectivity index (χ0v) is 12.3. The van der Waals surface area contributed by atoms with E-state index in [9.17, 15) is 9.59 Å². The van der Waals surface area contributed by atoms with Gasteiger partial charge in [0.2, 0.25) is 5.91 Å². The summed E-state index contributed by atoms with van der Waals surface area (Å²) in [5.74, 6) is -0.187. The van der Waals surface area contributed by atoms with Crippen LogP contribution in [0.2, 0.25) is 0 Å². The lowest BCUT2D eigenvalue weighted by molar-refractivity contribution is -0.114. The molecule has 110 valence electrons. The summed E-state index contributed by atoms with van der Waals surface area (Å²) in [6.45, 7) is 3.31. The van der Waals surface area contributed by atoms with Gasteiger partial charge in [0.25, 0.3) is 5.91 Å². The number of anilines is 1. The van der Waals surface area contributed by atoms with Crippen molar-refractivity contribution >= 4 is 29.9 Å². The lowest BCUT2D eigenvalue weighted by Crippen LogP contribution is -2.45. The molecular formula is C14H20ClN3O2. The van der Waals surface area contributed by atoms with Gasteiger partial charge in [-0.25, -0.2) is 0 Å². The Labute approximate surface area is 124 Å². The van der Waals surface area contributed by atoms with Gasteiger partial charge < -0.3 is 16.0 Å². The quantitative estimate of drug-likeness (QED) is 0.793. The summed E-state index contributed by atoms with van der Waals surface area (Å²) >= 11 is 0. The summed E-state index contributed by atoms with van der Waals surface area (Å²) in [6.07, 6.45) is 2.11. The minimum atomic E-state index is -0.120. The minimum absolute atomic E-state index is 0. The first-order valence-electron chi connectivity index (χ1n) is 6.54. The van der Waals surface area contributed by atoms with E-state index in [1.165, 1.54) is 6.92 Å². The molecule has 2 amide bonds. The maximum atomic E-state index is 12.0. The van der Waals surface area contributed by atoms with E-state index in [4.69, 9.17) is 0 Å². The van der Waals surface area contributed by atoms with Crippen LogP contribution in [-0.2, 0) is 4.79 Å². The largest absolute Gasteiger partial charge is 0.348 e. The highest BCUT2D eigenvalue weighted by atomic mass is 35.5. The molecule has 6 heteroatoms. The summed E-state index contributed by atoms with van der Waals surface area (Å²) in [6, 6.07) is 7.11. The van der Waals surface area contributed by atoms with Crippen LogP contribution < -0.4 is 16.0 Å². The van der Waals surface area contributed by atoms with Gasteiger partial charge in [0, 0.05) is 30.8 Å². The topological polar surface area (TPSA) is 70.2 Å².